The van der Waals surface area contributed by atoms with E-state index in [9.17, 15) is 5.26 Å². The van der Waals surface area contributed by atoms with E-state index in [0.717, 1.165) is 61.3 Å². The maximum atomic E-state index is 9.94. The molecule has 3 heterocycles. The molecule has 0 radical (unpaired) electrons. The summed E-state index contributed by atoms with van der Waals surface area (Å²) in [5, 5.41) is 22.1. The van der Waals surface area contributed by atoms with Crippen LogP contribution >= 0.6 is 0 Å². The second kappa shape index (κ2) is 12.1. The van der Waals surface area contributed by atoms with Crippen molar-refractivity contribution in [1.29, 1.82) is 5.26 Å². The average Bonchev–Trinajstić information content (AvgIpc) is 3.62. The largest absolute Gasteiger partial charge is 0.309 e. The molecule has 9 aromatic carbocycles. The molecule has 0 N–H and O–H groups in total. The molecule has 0 fully saturated rings. The number of hydrogen-bond donors (Lipinski definition) is 0. The van der Waals surface area contributed by atoms with Crippen LogP contribution in [0.4, 0.5) is 0 Å². The van der Waals surface area contributed by atoms with Crippen LogP contribution in [0, 0.1) is 11.3 Å². The van der Waals surface area contributed by atoms with Gasteiger partial charge >= 0.3 is 0 Å². The van der Waals surface area contributed by atoms with Crippen molar-refractivity contribution in [3.05, 3.63) is 188 Å². The molecule has 0 aliphatic carbocycles. The number of pyridine rings is 2. The third-order valence-corrected chi connectivity index (χ3v) is 11.7. The minimum Gasteiger partial charge on any atom is -0.309 e. The molecular formula is C53H30N4. The Morgan fingerprint density at radius 1 is 0.368 bits per heavy atom. The first-order valence-electron chi connectivity index (χ1n) is 19.2. The van der Waals surface area contributed by atoms with Gasteiger partial charge in [-0.1, -0.05) is 66.7 Å². The number of para-hydroxylation sites is 1. The van der Waals surface area contributed by atoms with Gasteiger partial charge in [0, 0.05) is 40.0 Å². The Morgan fingerprint density at radius 3 is 1.28 bits per heavy atom. The van der Waals surface area contributed by atoms with Crippen LogP contribution in [0.3, 0.4) is 0 Å². The molecule has 0 saturated carbocycles. The molecule has 0 unspecified atom stereocenters. The summed E-state index contributed by atoms with van der Waals surface area (Å²) in [7, 11) is 0. The standard InChI is InChI=1S/C53H30N4/c54-31-32-20-33-12-17-38-26-42(30-49-53(38)52(33)48(21-32)57(49)45-8-2-1-3-9-45)40-24-36-15-13-34-22-39(23-35-14-16-37(25-40)51(36)50(34)35)41-27-43(46-10-4-6-18-55-46)29-44(28-41)47-11-5-7-19-56-47/h1-30H. The summed E-state index contributed by atoms with van der Waals surface area (Å²) < 4.78 is 2.32. The minimum atomic E-state index is 0.664. The molecule has 0 spiro atoms. The Bertz CT molecular complexity index is 3440. The van der Waals surface area contributed by atoms with Crippen molar-refractivity contribution in [3.8, 4) is 56.5 Å². The van der Waals surface area contributed by atoms with Crippen LogP contribution in [0.1, 0.15) is 5.56 Å². The molecule has 0 amide bonds. The highest BCUT2D eigenvalue weighted by atomic mass is 15.0. The fourth-order valence-corrected chi connectivity index (χ4v) is 9.18. The molecule has 12 rings (SSSR count). The van der Waals surface area contributed by atoms with Crippen molar-refractivity contribution in [1.82, 2.24) is 14.5 Å². The zero-order chi connectivity index (χ0) is 37.6. The van der Waals surface area contributed by atoms with Gasteiger partial charge in [-0.3, -0.25) is 9.97 Å². The summed E-state index contributed by atoms with van der Waals surface area (Å²) in [5.41, 5.74) is 12.6. The highest BCUT2D eigenvalue weighted by Gasteiger charge is 2.20. The van der Waals surface area contributed by atoms with E-state index in [1.165, 1.54) is 54.0 Å². The predicted octanol–water partition coefficient (Wildman–Crippen LogP) is 13.6. The van der Waals surface area contributed by atoms with Crippen molar-refractivity contribution in [2.24, 2.45) is 0 Å². The summed E-state index contributed by atoms with van der Waals surface area (Å²) in [4.78, 5) is 9.38. The van der Waals surface area contributed by atoms with E-state index < -0.39 is 0 Å². The second-order valence-corrected chi connectivity index (χ2v) is 15.0. The van der Waals surface area contributed by atoms with E-state index in [-0.39, 0.29) is 0 Å². The molecule has 0 aliphatic heterocycles. The van der Waals surface area contributed by atoms with Gasteiger partial charge in [0.2, 0.25) is 0 Å². The zero-order valence-electron chi connectivity index (χ0n) is 30.6. The number of nitrogens with zero attached hydrogens (tertiary/aromatic N) is 4. The molecule has 0 aliphatic rings. The van der Waals surface area contributed by atoms with Crippen molar-refractivity contribution in [2.75, 3.05) is 0 Å². The maximum absolute atomic E-state index is 9.94. The highest BCUT2D eigenvalue weighted by Crippen LogP contribution is 2.44. The van der Waals surface area contributed by atoms with Gasteiger partial charge in [0.1, 0.15) is 0 Å². The van der Waals surface area contributed by atoms with Crippen LogP contribution in [0.5, 0.6) is 0 Å². The molecule has 0 saturated heterocycles. The van der Waals surface area contributed by atoms with Crippen LogP contribution in [0.25, 0.3) is 115 Å². The number of benzene rings is 9. The minimum absolute atomic E-state index is 0.664. The lowest BCUT2D eigenvalue weighted by molar-refractivity contribution is 1.18. The fraction of sp³-hybridized carbons (Fsp3) is 0. The van der Waals surface area contributed by atoms with Gasteiger partial charge in [-0.2, -0.15) is 5.26 Å². The molecule has 262 valence electrons. The topological polar surface area (TPSA) is 54.5 Å². The number of rotatable bonds is 5. The summed E-state index contributed by atoms with van der Waals surface area (Å²) in [6.45, 7) is 0. The number of nitriles is 1. The smallest absolute Gasteiger partial charge is 0.0992 e. The van der Waals surface area contributed by atoms with Gasteiger partial charge in [-0.15, -0.1) is 0 Å². The summed E-state index contributed by atoms with van der Waals surface area (Å²) in [6.07, 6.45) is 3.69. The lowest BCUT2D eigenvalue weighted by atomic mass is 9.88. The van der Waals surface area contributed by atoms with Crippen LogP contribution in [0.15, 0.2) is 182 Å². The van der Waals surface area contributed by atoms with Gasteiger partial charge in [0.05, 0.1) is 34.1 Å². The van der Waals surface area contributed by atoms with Gasteiger partial charge < -0.3 is 4.57 Å². The number of aromatic nitrogens is 3. The fourth-order valence-electron chi connectivity index (χ4n) is 9.18. The highest BCUT2D eigenvalue weighted by molar-refractivity contribution is 6.27. The van der Waals surface area contributed by atoms with Crippen molar-refractivity contribution in [3.63, 3.8) is 0 Å². The zero-order valence-corrected chi connectivity index (χ0v) is 30.6. The van der Waals surface area contributed by atoms with E-state index >= 15 is 0 Å². The van der Waals surface area contributed by atoms with Gasteiger partial charge in [0.25, 0.3) is 0 Å². The molecule has 0 atom stereocenters. The molecule has 4 nitrogen and oxygen atoms in total. The van der Waals surface area contributed by atoms with Crippen LogP contribution in [-0.2, 0) is 0 Å². The van der Waals surface area contributed by atoms with E-state index in [1.807, 2.05) is 54.9 Å². The SMILES string of the molecule is N#Cc1cc2ccc3cc(-c4cc5ccc6cc(-c7cc(-c8ccccn8)cc(-c8ccccn8)c7)cc7ccc(c4)c5c67)cc4c3c2c(c1)n4-c1ccccc1. The van der Waals surface area contributed by atoms with E-state index in [0.29, 0.717) is 5.56 Å². The summed E-state index contributed by atoms with van der Waals surface area (Å²) in [6, 6.07) is 63.2. The van der Waals surface area contributed by atoms with Gasteiger partial charge in [-0.25, -0.2) is 0 Å². The first kappa shape index (κ1) is 31.5. The third-order valence-electron chi connectivity index (χ3n) is 11.7. The summed E-state index contributed by atoms with van der Waals surface area (Å²) >= 11 is 0. The van der Waals surface area contributed by atoms with E-state index in [2.05, 4.69) is 148 Å². The third kappa shape index (κ3) is 4.86. The first-order chi connectivity index (χ1) is 28.2. The molecule has 57 heavy (non-hydrogen) atoms. The Balaban J connectivity index is 1.03. The Kier molecular flexibility index (Phi) is 6.66. The molecule has 3 aromatic heterocycles. The lowest BCUT2D eigenvalue weighted by Gasteiger charge is -2.16. The van der Waals surface area contributed by atoms with Crippen LogP contribution < -0.4 is 0 Å². The predicted molar refractivity (Wildman–Crippen MR) is 235 cm³/mol. The molecule has 4 heteroatoms. The normalized spacial score (nSPS) is 11.8. The lowest BCUT2D eigenvalue weighted by Crippen LogP contribution is -1.94. The second-order valence-electron chi connectivity index (χ2n) is 15.0. The average molecular weight is 723 g/mol. The van der Waals surface area contributed by atoms with E-state index in [1.54, 1.807) is 0 Å². The van der Waals surface area contributed by atoms with Crippen molar-refractivity contribution < 1.29 is 0 Å². The number of hydrogen-bond acceptors (Lipinski definition) is 3. The Labute approximate surface area is 327 Å². The van der Waals surface area contributed by atoms with Crippen molar-refractivity contribution in [2.45, 2.75) is 0 Å². The molecular weight excluding hydrogens is 693 g/mol. The van der Waals surface area contributed by atoms with Gasteiger partial charge in [-0.05, 0) is 168 Å². The van der Waals surface area contributed by atoms with E-state index in [4.69, 9.17) is 0 Å². The maximum Gasteiger partial charge on any atom is 0.0992 e. The van der Waals surface area contributed by atoms with Crippen molar-refractivity contribution >= 4 is 64.9 Å². The summed E-state index contributed by atoms with van der Waals surface area (Å²) in [5.74, 6) is 0. The quantitative estimate of drug-likeness (QED) is 0.166. The monoisotopic (exact) mass is 722 g/mol. The molecule has 0 bridgehead atoms. The Morgan fingerprint density at radius 2 is 0.789 bits per heavy atom. The Hall–Kier alpha value is -7.87. The van der Waals surface area contributed by atoms with Crippen LogP contribution in [0.2, 0.25) is 0 Å². The first-order valence-corrected chi connectivity index (χ1v) is 19.2. The van der Waals surface area contributed by atoms with Crippen LogP contribution in [-0.4, -0.2) is 14.5 Å². The molecule has 12 aromatic rings. The van der Waals surface area contributed by atoms with Gasteiger partial charge in [0.15, 0.2) is 0 Å².